The number of aliphatic hydroxyl groups is 2. The minimum Gasteiger partial charge on any atom is -0.504 e. The maximum atomic E-state index is 12.4. The molecule has 0 aliphatic heterocycles. The van der Waals surface area contributed by atoms with Gasteiger partial charge in [-0.2, -0.15) is 0 Å². The van der Waals surface area contributed by atoms with Crippen LogP contribution in [0.5, 0.6) is 23.0 Å². The van der Waals surface area contributed by atoms with Gasteiger partial charge in [0.25, 0.3) is 0 Å². The second-order valence-corrected chi connectivity index (χ2v) is 7.61. The van der Waals surface area contributed by atoms with Gasteiger partial charge in [-0.3, -0.25) is 0 Å². The number of aliphatic carboxylic acids is 2. The molecule has 8 N–H and O–H groups in total. The molecular weight excluding hydrogens is 524 g/mol. The van der Waals surface area contributed by atoms with E-state index < -0.39 is 70.9 Å². The van der Waals surface area contributed by atoms with Crippen LogP contribution in [0.1, 0.15) is 11.1 Å². The van der Waals surface area contributed by atoms with Crippen LogP contribution in [0.25, 0.3) is 12.2 Å². The molecule has 3 atom stereocenters. The molecule has 2 aromatic rings. The Bertz CT molecular complexity index is 1340. The molecule has 0 radical (unpaired) electrons. The second-order valence-electron chi connectivity index (χ2n) is 7.61. The molecule has 39 heavy (non-hydrogen) atoms. The third kappa shape index (κ3) is 8.83. The Morgan fingerprint density at radius 1 is 0.692 bits per heavy atom. The molecule has 0 bridgehead atoms. The van der Waals surface area contributed by atoms with Gasteiger partial charge in [0.2, 0.25) is 5.76 Å². The molecule has 0 aliphatic carbocycles. The van der Waals surface area contributed by atoms with E-state index in [9.17, 15) is 54.9 Å². The number of hydrogen-bond acceptors (Lipinski definition) is 12. The van der Waals surface area contributed by atoms with Crippen LogP contribution in [-0.4, -0.2) is 83.0 Å². The van der Waals surface area contributed by atoms with E-state index in [1.165, 1.54) is 12.1 Å². The summed E-state index contributed by atoms with van der Waals surface area (Å²) in [5.41, 5.74) is 0.385. The highest BCUT2D eigenvalue weighted by Crippen LogP contribution is 2.26. The Balaban J connectivity index is 2.34. The van der Waals surface area contributed by atoms with Gasteiger partial charge in [-0.25, -0.2) is 19.2 Å². The Hall–Kier alpha value is -5.50. The van der Waals surface area contributed by atoms with Crippen LogP contribution >= 0.6 is 0 Å². The Morgan fingerprint density at radius 2 is 1.15 bits per heavy atom. The van der Waals surface area contributed by atoms with Crippen LogP contribution < -0.4 is 0 Å². The van der Waals surface area contributed by atoms with Gasteiger partial charge in [-0.15, -0.1) is 0 Å². The monoisotopic (exact) mass is 546 g/mol. The minimum absolute atomic E-state index is 0.189. The largest absolute Gasteiger partial charge is 0.504 e. The molecule has 206 valence electrons. The highest BCUT2D eigenvalue weighted by atomic mass is 16.6. The Labute approximate surface area is 218 Å². The first-order valence-electron chi connectivity index (χ1n) is 10.6. The maximum Gasteiger partial charge on any atom is 0.370 e. The summed E-state index contributed by atoms with van der Waals surface area (Å²) in [5, 5.41) is 75.7. The number of aromatic hydroxyl groups is 4. The number of carboxylic acids is 2. The first kappa shape index (κ1) is 29.7. The van der Waals surface area contributed by atoms with E-state index in [0.29, 0.717) is 6.08 Å². The molecule has 0 saturated carbocycles. The normalized spacial score (nSPS) is 14.0. The van der Waals surface area contributed by atoms with E-state index in [-0.39, 0.29) is 11.1 Å². The van der Waals surface area contributed by atoms with Gasteiger partial charge >= 0.3 is 23.9 Å². The number of esters is 2. The molecule has 0 amide bonds. The van der Waals surface area contributed by atoms with Gasteiger partial charge in [-0.1, -0.05) is 12.1 Å². The molecule has 0 saturated heterocycles. The fourth-order valence-electron chi connectivity index (χ4n) is 2.84. The number of hydrogen-bond donors (Lipinski definition) is 8. The molecule has 0 spiro atoms. The van der Waals surface area contributed by atoms with Gasteiger partial charge in [0.1, 0.15) is 0 Å². The Kier molecular flexibility index (Phi) is 10.0. The highest BCUT2D eigenvalue weighted by molar-refractivity contribution is 5.89. The van der Waals surface area contributed by atoms with Crippen molar-refractivity contribution in [2.24, 2.45) is 0 Å². The average Bonchev–Trinajstić information content (AvgIpc) is 2.87. The summed E-state index contributed by atoms with van der Waals surface area (Å²) in [4.78, 5) is 47.3. The number of carboxylic acid groups (broad SMARTS) is 2. The molecule has 2 aromatic carbocycles. The third-order valence-corrected chi connectivity index (χ3v) is 4.76. The molecule has 14 heteroatoms. The van der Waals surface area contributed by atoms with E-state index in [2.05, 4.69) is 0 Å². The van der Waals surface area contributed by atoms with Crippen LogP contribution in [0.3, 0.4) is 0 Å². The lowest BCUT2D eigenvalue weighted by atomic mass is 10.1. The smallest absolute Gasteiger partial charge is 0.370 e. The van der Waals surface area contributed by atoms with Crippen LogP contribution in [-0.2, 0) is 28.7 Å². The van der Waals surface area contributed by atoms with Crippen molar-refractivity contribution in [1.82, 2.24) is 0 Å². The summed E-state index contributed by atoms with van der Waals surface area (Å²) >= 11 is 0. The van der Waals surface area contributed by atoms with Crippen LogP contribution in [0.2, 0.25) is 0 Å². The zero-order chi connectivity index (χ0) is 29.3. The van der Waals surface area contributed by atoms with Gasteiger partial charge in [0.15, 0.2) is 41.3 Å². The van der Waals surface area contributed by atoms with Gasteiger partial charge in [0, 0.05) is 18.2 Å². The number of aliphatic hydroxyl groups excluding tert-OH is 2. The summed E-state index contributed by atoms with van der Waals surface area (Å²) in [5.74, 6) is -9.81. The van der Waals surface area contributed by atoms with Crippen LogP contribution in [0, 0.1) is 0 Å². The lowest BCUT2D eigenvalue weighted by molar-refractivity contribution is -0.176. The summed E-state index contributed by atoms with van der Waals surface area (Å²) < 4.78 is 9.86. The summed E-state index contributed by atoms with van der Waals surface area (Å²) in [7, 11) is 0. The number of phenols is 4. The summed E-state index contributed by atoms with van der Waals surface area (Å²) in [6.07, 6.45) is -3.04. The van der Waals surface area contributed by atoms with Crippen molar-refractivity contribution in [3.8, 4) is 23.0 Å². The maximum absolute atomic E-state index is 12.4. The first-order valence-corrected chi connectivity index (χ1v) is 10.6. The highest BCUT2D eigenvalue weighted by Gasteiger charge is 2.38. The lowest BCUT2D eigenvalue weighted by Crippen LogP contribution is -2.46. The summed E-state index contributed by atoms with van der Waals surface area (Å²) in [6, 6.07) is 6.96. The van der Waals surface area contributed by atoms with E-state index >= 15 is 0 Å². The number of carbonyl (C=O) groups is 4. The van der Waals surface area contributed by atoms with Crippen molar-refractivity contribution in [3.05, 3.63) is 71.5 Å². The Morgan fingerprint density at radius 3 is 1.56 bits per heavy atom. The van der Waals surface area contributed by atoms with Crippen LogP contribution in [0.4, 0.5) is 0 Å². The minimum atomic E-state index is -2.58. The van der Waals surface area contributed by atoms with Gasteiger partial charge in [0.05, 0.1) is 0 Å². The number of ether oxygens (including phenoxy) is 2. The zero-order valence-electron chi connectivity index (χ0n) is 19.6. The zero-order valence-corrected chi connectivity index (χ0v) is 19.6. The number of rotatable bonds is 11. The second kappa shape index (κ2) is 13.2. The fourth-order valence-corrected chi connectivity index (χ4v) is 2.84. The molecule has 3 unspecified atom stereocenters. The van der Waals surface area contributed by atoms with Gasteiger partial charge in [-0.05, 0) is 47.5 Å². The van der Waals surface area contributed by atoms with Crippen molar-refractivity contribution in [2.45, 2.75) is 18.3 Å². The third-order valence-electron chi connectivity index (χ3n) is 4.76. The van der Waals surface area contributed by atoms with Crippen molar-refractivity contribution in [1.29, 1.82) is 0 Å². The van der Waals surface area contributed by atoms with E-state index in [1.807, 2.05) is 0 Å². The van der Waals surface area contributed by atoms with Crippen molar-refractivity contribution >= 4 is 36.0 Å². The molecular formula is C25H22O14. The molecule has 0 aromatic heterocycles. The van der Waals surface area contributed by atoms with Gasteiger partial charge < -0.3 is 50.3 Å². The van der Waals surface area contributed by atoms with Crippen molar-refractivity contribution in [2.75, 3.05) is 0 Å². The van der Waals surface area contributed by atoms with E-state index in [1.54, 1.807) is 0 Å². The predicted octanol–water partition coefficient (Wildman–Crippen LogP) is 1.03. The average molecular weight is 546 g/mol. The van der Waals surface area contributed by atoms with Crippen LogP contribution in [0.15, 0.2) is 60.4 Å². The molecule has 2 rings (SSSR count). The molecule has 0 aliphatic rings. The number of benzene rings is 2. The first-order chi connectivity index (χ1) is 18.3. The molecule has 0 heterocycles. The van der Waals surface area contributed by atoms with E-state index in [0.717, 1.165) is 48.6 Å². The van der Waals surface area contributed by atoms with Crippen molar-refractivity contribution < 1.29 is 69.5 Å². The fraction of sp³-hybridized carbons (Fsp3) is 0.120. The number of phenolic OH excluding ortho intramolecular Hbond substituents is 4. The summed E-state index contributed by atoms with van der Waals surface area (Å²) in [6.45, 7) is 0. The lowest BCUT2D eigenvalue weighted by Gasteiger charge is -2.26. The number of carbonyl (C=O) groups excluding carboxylic acids is 2. The molecule has 14 nitrogen and oxygen atoms in total. The molecule has 0 fully saturated rings. The quantitative estimate of drug-likeness (QED) is 0.0849. The standard InChI is InChI=1S/C25H22O14/c26-14-5-1-12(9-16(14)28)3-7-20(31)38-19(11-18(30)24(34)35)23(22(33)25(36)37)39-21(32)8-4-13-2-6-15(27)17(29)10-13/h1-11,19,22-23,26-30,33H,(H,34,35)(H,36,37)/b7-3+,8-4+,18-11-. The SMILES string of the molecule is O=C(/C=C/c1ccc(O)c(O)c1)OC(/C=C(\O)C(=O)O)C(OC(=O)/C=C/c1ccc(O)c(O)c1)C(O)C(=O)O. The van der Waals surface area contributed by atoms with Crippen molar-refractivity contribution in [3.63, 3.8) is 0 Å². The van der Waals surface area contributed by atoms with E-state index in [4.69, 9.17) is 14.6 Å². The topological polar surface area (TPSA) is 249 Å². The predicted molar refractivity (Wildman–Crippen MR) is 129 cm³/mol.